The Morgan fingerprint density at radius 2 is 1.55 bits per heavy atom. The summed E-state index contributed by atoms with van der Waals surface area (Å²) in [4.78, 5) is 16.4. The Morgan fingerprint density at radius 1 is 0.871 bits per heavy atom. The largest absolute Gasteiger partial charge is 0.497 e. The average molecular weight is 431 g/mol. The molecule has 2 aromatic carbocycles. The third-order valence-corrected chi connectivity index (χ3v) is 4.44. The van der Waals surface area contributed by atoms with Gasteiger partial charge in [0.05, 0.1) is 28.4 Å². The van der Waals surface area contributed by atoms with Gasteiger partial charge < -0.3 is 34.9 Å². The Morgan fingerprint density at radius 3 is 2.13 bits per heavy atom. The van der Waals surface area contributed by atoms with Crippen LogP contribution in [0.3, 0.4) is 0 Å². The minimum Gasteiger partial charge on any atom is -0.497 e. The van der Waals surface area contributed by atoms with E-state index < -0.39 is 0 Å². The number of hydrogen-bond donors (Lipinski definition) is 3. The molecule has 168 valence electrons. The number of ether oxygens (including phenoxy) is 4. The molecule has 0 saturated heterocycles. The molecule has 1 amide bonds. The second-order valence-electron chi connectivity index (χ2n) is 6.37. The molecule has 0 atom stereocenters. The van der Waals surface area contributed by atoms with E-state index in [-0.39, 0.29) is 5.91 Å². The number of methoxy groups -OCH3 is 4. The molecule has 2 rings (SSSR count). The van der Waals surface area contributed by atoms with E-state index in [2.05, 4.69) is 20.9 Å². The number of carbonyl (C=O) groups is 1. The number of hydrogen-bond acceptors (Lipinski definition) is 6. The predicted octanol–water partition coefficient (Wildman–Crippen LogP) is 1.82. The normalized spacial score (nSPS) is 10.8. The first-order valence-electron chi connectivity index (χ1n) is 9.71. The summed E-state index contributed by atoms with van der Waals surface area (Å²) in [6.45, 7) is 1.43. The first kappa shape index (κ1) is 23.7. The van der Waals surface area contributed by atoms with Gasteiger partial charge in [0.25, 0.3) is 5.91 Å². The molecule has 2 aromatic rings. The number of guanidine groups is 1. The van der Waals surface area contributed by atoms with Crippen molar-refractivity contribution in [3.63, 3.8) is 0 Å². The number of nitrogens with zero attached hydrogens (tertiary/aromatic N) is 1. The molecule has 0 radical (unpaired) electrons. The molecule has 31 heavy (non-hydrogen) atoms. The van der Waals surface area contributed by atoms with Gasteiger partial charge in [-0.1, -0.05) is 6.07 Å². The van der Waals surface area contributed by atoms with Gasteiger partial charge in [-0.05, 0) is 35.9 Å². The van der Waals surface area contributed by atoms with Crippen LogP contribution >= 0.6 is 0 Å². The molecule has 3 N–H and O–H groups in total. The minimum absolute atomic E-state index is 0.166. The highest BCUT2D eigenvalue weighted by Gasteiger charge is 2.13. The molecule has 0 saturated carbocycles. The first-order chi connectivity index (χ1) is 15.1. The third kappa shape index (κ3) is 6.70. The topological polar surface area (TPSA) is 102 Å². The minimum atomic E-state index is -0.166. The Kier molecular flexibility index (Phi) is 9.28. The summed E-state index contributed by atoms with van der Waals surface area (Å²) in [7, 11) is 7.97. The average Bonchev–Trinajstić information content (AvgIpc) is 2.82. The van der Waals surface area contributed by atoms with Crippen molar-refractivity contribution in [1.82, 2.24) is 16.0 Å². The van der Waals surface area contributed by atoms with Crippen molar-refractivity contribution in [2.45, 2.75) is 6.54 Å². The van der Waals surface area contributed by atoms with Crippen molar-refractivity contribution in [3.05, 3.63) is 47.5 Å². The molecule has 0 unspecified atom stereocenters. The summed E-state index contributed by atoms with van der Waals surface area (Å²) in [5, 5.41) is 9.24. The Bertz CT molecular complexity index is 876. The van der Waals surface area contributed by atoms with Gasteiger partial charge in [-0.25, -0.2) is 0 Å². The van der Waals surface area contributed by atoms with Crippen LogP contribution in [0.25, 0.3) is 0 Å². The lowest BCUT2D eigenvalue weighted by Crippen LogP contribution is -2.41. The van der Waals surface area contributed by atoms with Crippen molar-refractivity contribution < 1.29 is 23.7 Å². The summed E-state index contributed by atoms with van der Waals surface area (Å²) in [5.74, 6) is 2.79. The van der Waals surface area contributed by atoms with Crippen molar-refractivity contribution in [3.8, 4) is 23.0 Å². The van der Waals surface area contributed by atoms with E-state index in [0.717, 1.165) is 5.56 Å². The maximum Gasteiger partial charge on any atom is 0.251 e. The van der Waals surface area contributed by atoms with E-state index in [4.69, 9.17) is 18.9 Å². The summed E-state index contributed by atoms with van der Waals surface area (Å²) in [6.07, 6.45) is 0. The molecule has 0 heterocycles. The van der Waals surface area contributed by atoms with Gasteiger partial charge in [0.1, 0.15) is 5.75 Å². The van der Waals surface area contributed by atoms with Crippen LogP contribution in [0.2, 0.25) is 0 Å². The van der Waals surface area contributed by atoms with Crippen LogP contribution in [-0.2, 0) is 6.54 Å². The number of rotatable bonds is 10. The molecular weight excluding hydrogens is 400 g/mol. The van der Waals surface area contributed by atoms with E-state index >= 15 is 0 Å². The standard InChI is InChI=1S/C22H30N4O5/c1-23-22(25-10-9-24-21(27)16-7-6-8-17(13-16)28-2)26-14-15-11-18(29-3)20(31-5)19(12-15)30-4/h6-8,11-13H,9-10,14H2,1-5H3,(H,24,27)(H2,23,25,26). The number of amides is 1. The van der Waals surface area contributed by atoms with Crippen molar-refractivity contribution in [1.29, 1.82) is 0 Å². The zero-order valence-electron chi connectivity index (χ0n) is 18.6. The molecule has 0 spiro atoms. The molecule has 0 aliphatic heterocycles. The fourth-order valence-corrected chi connectivity index (χ4v) is 2.87. The van der Waals surface area contributed by atoms with Crippen LogP contribution in [0.15, 0.2) is 41.4 Å². The molecule has 0 aliphatic carbocycles. The lowest BCUT2D eigenvalue weighted by atomic mass is 10.2. The SMILES string of the molecule is CN=C(NCCNC(=O)c1cccc(OC)c1)NCc1cc(OC)c(OC)c(OC)c1. The highest BCUT2D eigenvalue weighted by atomic mass is 16.5. The summed E-state index contributed by atoms with van der Waals surface area (Å²) in [6, 6.07) is 10.7. The molecule has 0 aliphatic rings. The van der Waals surface area contributed by atoms with Crippen molar-refractivity contribution in [2.75, 3.05) is 48.6 Å². The molecule has 0 aromatic heterocycles. The van der Waals surface area contributed by atoms with E-state index in [1.54, 1.807) is 59.8 Å². The lowest BCUT2D eigenvalue weighted by molar-refractivity contribution is 0.0954. The molecule has 0 fully saturated rings. The van der Waals surface area contributed by atoms with Crippen LogP contribution < -0.4 is 34.9 Å². The van der Waals surface area contributed by atoms with E-state index in [9.17, 15) is 4.79 Å². The molecule has 0 bridgehead atoms. The summed E-state index contributed by atoms with van der Waals surface area (Å²) < 4.78 is 21.2. The summed E-state index contributed by atoms with van der Waals surface area (Å²) in [5.41, 5.74) is 1.48. The Balaban J connectivity index is 1.84. The smallest absolute Gasteiger partial charge is 0.251 e. The fourth-order valence-electron chi connectivity index (χ4n) is 2.87. The van der Waals surface area contributed by atoms with Crippen molar-refractivity contribution >= 4 is 11.9 Å². The van der Waals surface area contributed by atoms with Gasteiger partial charge >= 0.3 is 0 Å². The number of aliphatic imine (C=N–C) groups is 1. The van der Waals surface area contributed by atoms with Crippen molar-refractivity contribution in [2.24, 2.45) is 4.99 Å². The molecular formula is C22H30N4O5. The van der Waals surface area contributed by atoms with Gasteiger partial charge in [-0.15, -0.1) is 0 Å². The van der Waals surface area contributed by atoms with Crippen LogP contribution in [0, 0.1) is 0 Å². The second-order valence-corrected chi connectivity index (χ2v) is 6.37. The predicted molar refractivity (Wildman–Crippen MR) is 120 cm³/mol. The van der Waals surface area contributed by atoms with Gasteiger partial charge in [-0.2, -0.15) is 0 Å². The Hall–Kier alpha value is -3.62. The lowest BCUT2D eigenvalue weighted by Gasteiger charge is -2.16. The number of nitrogens with one attached hydrogen (secondary N) is 3. The van der Waals surface area contributed by atoms with E-state index in [1.807, 2.05) is 12.1 Å². The number of benzene rings is 2. The van der Waals surface area contributed by atoms with Gasteiger partial charge in [0.2, 0.25) is 5.75 Å². The van der Waals surface area contributed by atoms with Gasteiger partial charge in [0, 0.05) is 32.2 Å². The second kappa shape index (κ2) is 12.2. The zero-order chi connectivity index (χ0) is 22.6. The molecule has 9 nitrogen and oxygen atoms in total. The van der Waals surface area contributed by atoms with Gasteiger partial charge in [0.15, 0.2) is 17.5 Å². The number of carbonyl (C=O) groups excluding carboxylic acids is 1. The first-order valence-corrected chi connectivity index (χ1v) is 9.71. The van der Waals surface area contributed by atoms with Crippen LogP contribution in [-0.4, -0.2) is 60.4 Å². The molecule has 9 heteroatoms. The van der Waals surface area contributed by atoms with Crippen LogP contribution in [0.4, 0.5) is 0 Å². The third-order valence-electron chi connectivity index (χ3n) is 4.44. The fraction of sp³-hybridized carbons (Fsp3) is 0.364. The van der Waals surface area contributed by atoms with E-state index in [1.165, 1.54) is 0 Å². The van der Waals surface area contributed by atoms with Crippen LogP contribution in [0.1, 0.15) is 15.9 Å². The highest BCUT2D eigenvalue weighted by Crippen LogP contribution is 2.38. The zero-order valence-corrected chi connectivity index (χ0v) is 18.6. The maximum atomic E-state index is 12.2. The monoisotopic (exact) mass is 430 g/mol. The van der Waals surface area contributed by atoms with Crippen LogP contribution in [0.5, 0.6) is 23.0 Å². The highest BCUT2D eigenvalue weighted by molar-refractivity contribution is 5.94. The van der Waals surface area contributed by atoms with Gasteiger partial charge in [-0.3, -0.25) is 9.79 Å². The Labute approximate surface area is 182 Å². The summed E-state index contributed by atoms with van der Waals surface area (Å²) >= 11 is 0. The van der Waals surface area contributed by atoms with E-state index in [0.29, 0.717) is 54.2 Å². The maximum absolute atomic E-state index is 12.2. The quantitative estimate of drug-likeness (QED) is 0.300.